The summed E-state index contributed by atoms with van der Waals surface area (Å²) in [4.78, 5) is 11.1. The molecule has 94 valence electrons. The molecule has 1 aromatic rings. The van der Waals surface area contributed by atoms with Crippen molar-refractivity contribution in [3.8, 4) is 0 Å². The van der Waals surface area contributed by atoms with Gasteiger partial charge in [0.2, 0.25) is 0 Å². The molecule has 1 aliphatic heterocycles. The molecule has 0 fully saturated rings. The van der Waals surface area contributed by atoms with E-state index in [4.69, 9.17) is 14.4 Å². The van der Waals surface area contributed by atoms with Crippen LogP contribution in [0.1, 0.15) is 19.3 Å². The predicted octanol–water partition coefficient (Wildman–Crippen LogP) is -0.109. The second-order valence-electron chi connectivity index (χ2n) is 3.64. The van der Waals surface area contributed by atoms with Gasteiger partial charge in [0.15, 0.2) is 0 Å². The van der Waals surface area contributed by atoms with Crippen molar-refractivity contribution in [1.29, 1.82) is 0 Å². The molecule has 0 amide bonds. The largest absolute Gasteiger partial charge is 0.395 e. The van der Waals surface area contributed by atoms with Crippen LogP contribution in [0.25, 0.3) is 0 Å². The summed E-state index contributed by atoms with van der Waals surface area (Å²) in [5.74, 6) is -0.742. The zero-order valence-corrected chi connectivity index (χ0v) is 12.6. The van der Waals surface area contributed by atoms with Crippen molar-refractivity contribution in [2.24, 2.45) is 0 Å². The van der Waals surface area contributed by atoms with E-state index in [-0.39, 0.29) is 9.32 Å². The maximum Gasteiger partial charge on any atom is 0.267 e. The summed E-state index contributed by atoms with van der Waals surface area (Å²) in [7, 11) is -3.92. The molecule has 0 bridgehead atoms. The van der Waals surface area contributed by atoms with Crippen LogP contribution in [0.2, 0.25) is 0 Å². The average Bonchev–Trinajstić information content (AvgIpc) is 2.55. The molecule has 0 spiro atoms. The number of benzene rings is 1. The van der Waals surface area contributed by atoms with Crippen LogP contribution in [0.15, 0.2) is 24.3 Å². The number of carbonyl (C=O) groups excluding carboxylic acids is 1. The van der Waals surface area contributed by atoms with Gasteiger partial charge in [0.25, 0.3) is 10.1 Å². The van der Waals surface area contributed by atoms with Crippen molar-refractivity contribution in [1.82, 2.24) is 0 Å². The minimum Gasteiger partial charge on any atom is -0.395 e. The summed E-state index contributed by atoms with van der Waals surface area (Å²) in [6.45, 7) is -0.529. The molecule has 0 saturated heterocycles. The number of ether oxygens (including phenoxy) is 1. The first-order valence-electron chi connectivity index (χ1n) is 5.21. The van der Waals surface area contributed by atoms with Gasteiger partial charge in [-0.3, -0.25) is 4.55 Å². The number of fused-ring (bicyclic) bond motifs is 1. The van der Waals surface area contributed by atoms with Crippen LogP contribution in [0.4, 0.5) is 0 Å². The Morgan fingerprint density at radius 3 is 2.39 bits per heavy atom. The van der Waals surface area contributed by atoms with Gasteiger partial charge in [-0.1, -0.05) is 0 Å². The van der Waals surface area contributed by atoms with Crippen LogP contribution in [0, 0.1) is 0 Å². The van der Waals surface area contributed by atoms with Gasteiger partial charge in [0.1, 0.15) is 0 Å². The monoisotopic (exact) mass is 282 g/mol. The molecular weight excluding hydrogens is 271 g/mol. The normalized spacial score (nSPS) is 17.6. The maximum absolute atomic E-state index is 11.1. The van der Waals surface area contributed by atoms with Crippen molar-refractivity contribution in [2.75, 3.05) is 12.4 Å². The average molecular weight is 282 g/mol. The Morgan fingerprint density at radius 1 is 1.33 bits per heavy atom. The molecule has 8 heteroatoms. The molecule has 1 atom stereocenters. The quantitative estimate of drug-likeness (QED) is 0.446. The van der Waals surface area contributed by atoms with E-state index in [1.165, 1.54) is 0 Å². The summed E-state index contributed by atoms with van der Waals surface area (Å²) in [6, 6.07) is 7.57. The van der Waals surface area contributed by atoms with Crippen LogP contribution in [-0.4, -0.2) is 64.3 Å². The first-order chi connectivity index (χ1) is 8.35. The number of hydrogen-bond acceptors (Lipinski definition) is 5. The Labute approximate surface area is 122 Å². The van der Waals surface area contributed by atoms with Crippen molar-refractivity contribution in [3.63, 3.8) is 0 Å². The SMILES string of the molecule is O=C1O[CH]([Na])c2ccccc21.O=S(=O)(O)CCO. The molecule has 0 saturated carbocycles. The van der Waals surface area contributed by atoms with Crippen molar-refractivity contribution >= 4 is 44.0 Å². The van der Waals surface area contributed by atoms with Crippen LogP contribution in [0.5, 0.6) is 0 Å². The molecule has 0 radical (unpaired) electrons. The Morgan fingerprint density at radius 2 is 1.94 bits per heavy atom. The van der Waals surface area contributed by atoms with Gasteiger partial charge >= 0.3 is 82.2 Å². The van der Waals surface area contributed by atoms with E-state index in [0.717, 1.165) is 39.1 Å². The molecular formula is C10H11NaO6S. The number of rotatable bonds is 2. The van der Waals surface area contributed by atoms with Crippen molar-refractivity contribution in [3.05, 3.63) is 35.4 Å². The molecule has 2 rings (SSSR count). The molecule has 1 aliphatic rings. The third kappa shape index (κ3) is 4.68. The smallest absolute Gasteiger partial charge is 0.267 e. The second-order valence-corrected chi connectivity index (χ2v) is 6.27. The molecule has 1 aromatic carbocycles. The van der Waals surface area contributed by atoms with Crippen molar-refractivity contribution < 1.29 is 27.6 Å². The predicted molar refractivity (Wildman–Crippen MR) is 63.9 cm³/mol. The Bertz CT molecular complexity index is 527. The molecule has 2 N–H and O–H groups in total. The van der Waals surface area contributed by atoms with Gasteiger partial charge < -0.3 is 5.11 Å². The van der Waals surface area contributed by atoms with Gasteiger partial charge in [-0.15, -0.1) is 0 Å². The third-order valence-corrected chi connectivity index (χ3v) is 3.81. The molecule has 6 nitrogen and oxygen atoms in total. The zero-order valence-electron chi connectivity index (χ0n) is 9.74. The fourth-order valence-electron chi connectivity index (χ4n) is 1.44. The van der Waals surface area contributed by atoms with Crippen LogP contribution in [0.3, 0.4) is 0 Å². The van der Waals surface area contributed by atoms with Gasteiger partial charge in [-0.05, 0) is 0 Å². The fourth-order valence-corrected chi connectivity index (χ4v) is 2.39. The Hall–Kier alpha value is -0.440. The van der Waals surface area contributed by atoms with Gasteiger partial charge in [0, 0.05) is 0 Å². The molecule has 18 heavy (non-hydrogen) atoms. The van der Waals surface area contributed by atoms with E-state index in [0.29, 0.717) is 0 Å². The number of aliphatic hydroxyl groups is 1. The summed E-state index contributed by atoms with van der Waals surface area (Å²) in [6.07, 6.45) is 0. The van der Waals surface area contributed by atoms with E-state index in [1.54, 1.807) is 0 Å². The first kappa shape index (κ1) is 15.6. The first-order valence-corrected chi connectivity index (χ1v) is 7.97. The molecule has 1 unspecified atom stereocenters. The summed E-state index contributed by atoms with van der Waals surface area (Å²) >= 11 is 0.875. The van der Waals surface area contributed by atoms with E-state index in [2.05, 4.69) is 0 Å². The van der Waals surface area contributed by atoms with Crippen molar-refractivity contribution in [2.45, 2.75) is 3.35 Å². The summed E-state index contributed by atoms with van der Waals surface area (Å²) in [5.41, 5.74) is 1.80. The summed E-state index contributed by atoms with van der Waals surface area (Å²) < 4.78 is 32.2. The minimum absolute atomic E-state index is 0.0682. The Kier molecular flexibility index (Phi) is 5.77. The van der Waals surface area contributed by atoms with Gasteiger partial charge in [-0.25, -0.2) is 0 Å². The van der Waals surface area contributed by atoms with E-state index < -0.39 is 22.5 Å². The zero-order chi connectivity index (χ0) is 13.8. The number of cyclic esters (lactones) is 1. The number of hydrogen-bond donors (Lipinski definition) is 2. The second kappa shape index (κ2) is 6.65. The standard InChI is InChI=1S/C8H5O2.C2H6O4S.Na/c9-8-7-4-2-1-3-6(7)5-10-8;3-1-2-7(4,5)6;/h1-5H;3H,1-2H2,(H,4,5,6);. The van der Waals surface area contributed by atoms with E-state index in [1.807, 2.05) is 24.3 Å². The molecule has 0 aromatic heterocycles. The van der Waals surface area contributed by atoms with E-state index in [9.17, 15) is 13.2 Å². The fraction of sp³-hybridized carbons (Fsp3) is 0.300. The topological polar surface area (TPSA) is 101 Å². The Balaban J connectivity index is 0.000000203. The van der Waals surface area contributed by atoms with Gasteiger partial charge in [-0.2, -0.15) is 8.42 Å². The minimum atomic E-state index is -3.92. The third-order valence-electron chi connectivity index (χ3n) is 2.25. The number of carbonyl (C=O) groups is 1. The number of aliphatic hydroxyl groups excluding tert-OH is 1. The number of esters is 1. The molecule has 0 aliphatic carbocycles. The van der Waals surface area contributed by atoms with Gasteiger partial charge in [0.05, 0.1) is 12.4 Å². The van der Waals surface area contributed by atoms with Crippen LogP contribution >= 0.6 is 0 Å². The van der Waals surface area contributed by atoms with Crippen LogP contribution in [-0.2, 0) is 14.9 Å². The van der Waals surface area contributed by atoms with Crippen LogP contribution < -0.4 is 0 Å². The van der Waals surface area contributed by atoms with E-state index >= 15 is 0 Å². The summed E-state index contributed by atoms with van der Waals surface area (Å²) in [5, 5.41) is 7.86. The maximum atomic E-state index is 11.1. The molecule has 1 heterocycles.